The number of halogens is 1. The van der Waals surface area contributed by atoms with Gasteiger partial charge in [0.2, 0.25) is 5.91 Å². The third-order valence-electron chi connectivity index (χ3n) is 5.45. The van der Waals surface area contributed by atoms with E-state index >= 15 is 0 Å². The van der Waals surface area contributed by atoms with E-state index in [4.69, 9.17) is 15.2 Å². The lowest BCUT2D eigenvalue weighted by Gasteiger charge is -2.36. The Morgan fingerprint density at radius 2 is 1.76 bits per heavy atom. The molecule has 2 heterocycles. The molecule has 2 saturated heterocycles. The maximum Gasteiger partial charge on any atom is 0.239 e. The van der Waals surface area contributed by atoms with Crippen molar-refractivity contribution in [1.82, 2.24) is 4.90 Å². The van der Waals surface area contributed by atoms with Crippen molar-refractivity contribution in [2.24, 2.45) is 11.7 Å². The van der Waals surface area contributed by atoms with Gasteiger partial charge in [0, 0.05) is 26.3 Å². The summed E-state index contributed by atoms with van der Waals surface area (Å²) in [6.07, 6.45) is 3.79. The molecule has 2 fully saturated rings. The van der Waals surface area contributed by atoms with E-state index in [0.717, 1.165) is 57.7 Å². The largest absolute Gasteiger partial charge is 0.497 e. The molecule has 2 aliphatic heterocycles. The number of hydrogen-bond acceptors (Lipinski definition) is 4. The molecule has 2 aliphatic rings. The number of ether oxygens (including phenoxy) is 2. The number of rotatable bonds is 4. The summed E-state index contributed by atoms with van der Waals surface area (Å²) in [5, 5.41) is 0. The molecule has 0 spiro atoms. The van der Waals surface area contributed by atoms with Gasteiger partial charge in [0.15, 0.2) is 0 Å². The Bertz CT molecular complexity index is 538. The minimum atomic E-state index is -0.369. The lowest BCUT2D eigenvalue weighted by atomic mass is 9.87. The lowest BCUT2D eigenvalue weighted by Crippen LogP contribution is -2.51. The van der Waals surface area contributed by atoms with Crippen molar-refractivity contribution in [3.05, 3.63) is 29.8 Å². The number of piperidine rings is 1. The molecule has 25 heavy (non-hydrogen) atoms. The van der Waals surface area contributed by atoms with Crippen molar-refractivity contribution >= 4 is 18.3 Å². The normalized spacial score (nSPS) is 20.6. The molecule has 5 nitrogen and oxygen atoms in total. The Hall–Kier alpha value is -1.30. The van der Waals surface area contributed by atoms with Gasteiger partial charge in [-0.15, -0.1) is 12.4 Å². The number of carbonyl (C=O) groups is 1. The standard InChI is InChI=1S/C19H28N2O3.ClH/c1-23-17-4-2-14(3-5-17)15-6-10-21(11-7-15)19(22)18(20)16-8-12-24-13-9-16;/h2-5,15-16,18H,6-13,20H2,1H3;1H. The van der Waals surface area contributed by atoms with Crippen LogP contribution in [-0.4, -0.2) is 50.3 Å². The van der Waals surface area contributed by atoms with E-state index in [1.165, 1.54) is 5.56 Å². The number of nitrogens with zero attached hydrogens (tertiary/aromatic N) is 1. The fraction of sp³-hybridized carbons (Fsp3) is 0.632. The Balaban J connectivity index is 0.00000225. The first kappa shape index (κ1) is 20.0. The van der Waals surface area contributed by atoms with Crippen molar-refractivity contribution in [2.45, 2.75) is 37.6 Å². The highest BCUT2D eigenvalue weighted by atomic mass is 35.5. The van der Waals surface area contributed by atoms with Crippen LogP contribution >= 0.6 is 12.4 Å². The molecule has 6 heteroatoms. The first-order valence-electron chi connectivity index (χ1n) is 8.95. The Morgan fingerprint density at radius 1 is 1.16 bits per heavy atom. The fourth-order valence-electron chi connectivity index (χ4n) is 3.80. The van der Waals surface area contributed by atoms with Gasteiger partial charge in [0.05, 0.1) is 13.2 Å². The molecule has 0 saturated carbocycles. The van der Waals surface area contributed by atoms with E-state index in [-0.39, 0.29) is 30.3 Å². The van der Waals surface area contributed by atoms with Gasteiger partial charge in [-0.1, -0.05) is 12.1 Å². The molecule has 1 aromatic rings. The zero-order valence-corrected chi connectivity index (χ0v) is 15.7. The monoisotopic (exact) mass is 368 g/mol. The summed E-state index contributed by atoms with van der Waals surface area (Å²) in [7, 11) is 1.68. The first-order valence-corrected chi connectivity index (χ1v) is 8.95. The molecule has 0 bridgehead atoms. The Labute approximate surface area is 156 Å². The molecular formula is C19H29ClN2O3. The van der Waals surface area contributed by atoms with Crippen LogP contribution in [0.25, 0.3) is 0 Å². The Kier molecular flexibility index (Phi) is 7.54. The van der Waals surface area contributed by atoms with Gasteiger partial charge < -0.3 is 20.1 Å². The second-order valence-electron chi connectivity index (χ2n) is 6.85. The van der Waals surface area contributed by atoms with Crippen molar-refractivity contribution in [3.63, 3.8) is 0 Å². The third kappa shape index (κ3) is 4.87. The summed E-state index contributed by atoms with van der Waals surface area (Å²) in [5.74, 6) is 1.79. The maximum atomic E-state index is 12.7. The smallest absolute Gasteiger partial charge is 0.239 e. The van der Waals surface area contributed by atoms with Crippen molar-refractivity contribution in [2.75, 3.05) is 33.4 Å². The van der Waals surface area contributed by atoms with E-state index in [1.54, 1.807) is 7.11 Å². The van der Waals surface area contributed by atoms with E-state index in [0.29, 0.717) is 5.92 Å². The summed E-state index contributed by atoms with van der Waals surface area (Å²) in [4.78, 5) is 14.6. The number of likely N-dealkylation sites (tertiary alicyclic amines) is 1. The van der Waals surface area contributed by atoms with Crippen LogP contribution < -0.4 is 10.5 Å². The van der Waals surface area contributed by atoms with Gasteiger partial charge in [-0.2, -0.15) is 0 Å². The topological polar surface area (TPSA) is 64.8 Å². The fourth-order valence-corrected chi connectivity index (χ4v) is 3.80. The van der Waals surface area contributed by atoms with Crippen LogP contribution in [0.5, 0.6) is 5.75 Å². The average Bonchev–Trinajstić information content (AvgIpc) is 2.68. The van der Waals surface area contributed by atoms with Gasteiger partial charge in [0.1, 0.15) is 5.75 Å². The van der Waals surface area contributed by atoms with Crippen LogP contribution in [-0.2, 0) is 9.53 Å². The van der Waals surface area contributed by atoms with Crippen molar-refractivity contribution < 1.29 is 14.3 Å². The maximum absolute atomic E-state index is 12.7. The van der Waals surface area contributed by atoms with Gasteiger partial charge in [-0.05, 0) is 55.2 Å². The molecular weight excluding hydrogens is 340 g/mol. The van der Waals surface area contributed by atoms with Gasteiger partial charge in [-0.25, -0.2) is 0 Å². The Morgan fingerprint density at radius 3 is 2.32 bits per heavy atom. The molecule has 0 aliphatic carbocycles. The average molecular weight is 369 g/mol. The SMILES string of the molecule is COc1ccc(C2CCN(C(=O)C(N)C3CCOCC3)CC2)cc1.Cl. The first-order chi connectivity index (χ1) is 11.7. The zero-order valence-electron chi connectivity index (χ0n) is 14.9. The number of amides is 1. The molecule has 0 aromatic heterocycles. The number of benzene rings is 1. The molecule has 2 N–H and O–H groups in total. The molecule has 0 radical (unpaired) electrons. The highest BCUT2D eigenvalue weighted by molar-refractivity contribution is 5.85. The summed E-state index contributed by atoms with van der Waals surface area (Å²) in [5.41, 5.74) is 7.57. The highest BCUT2D eigenvalue weighted by Crippen LogP contribution is 2.30. The minimum absolute atomic E-state index is 0. The summed E-state index contributed by atoms with van der Waals surface area (Å²) in [6, 6.07) is 7.91. The molecule has 1 aromatic carbocycles. The number of carbonyl (C=O) groups excluding carboxylic acids is 1. The number of nitrogens with two attached hydrogens (primary N) is 1. The quantitative estimate of drug-likeness (QED) is 0.887. The van der Waals surface area contributed by atoms with Crippen LogP contribution in [0.3, 0.4) is 0 Å². The van der Waals surface area contributed by atoms with Crippen molar-refractivity contribution in [1.29, 1.82) is 0 Å². The van der Waals surface area contributed by atoms with Crippen LogP contribution in [0.15, 0.2) is 24.3 Å². The zero-order chi connectivity index (χ0) is 16.9. The molecule has 1 atom stereocenters. The predicted octanol–water partition coefficient (Wildman–Crippen LogP) is 2.58. The van der Waals surface area contributed by atoms with Gasteiger partial charge >= 0.3 is 0 Å². The second kappa shape index (κ2) is 9.41. The van der Waals surface area contributed by atoms with Crippen molar-refractivity contribution in [3.8, 4) is 5.75 Å². The second-order valence-corrected chi connectivity index (χ2v) is 6.85. The third-order valence-corrected chi connectivity index (χ3v) is 5.45. The highest BCUT2D eigenvalue weighted by Gasteiger charge is 2.32. The number of hydrogen-bond donors (Lipinski definition) is 1. The van der Waals surface area contributed by atoms with Crippen LogP contribution in [0.1, 0.15) is 37.2 Å². The summed E-state index contributed by atoms with van der Waals surface area (Å²) in [6.45, 7) is 3.05. The number of methoxy groups -OCH3 is 1. The molecule has 1 amide bonds. The predicted molar refractivity (Wildman–Crippen MR) is 100 cm³/mol. The van der Waals surface area contributed by atoms with Crippen LogP contribution in [0.2, 0.25) is 0 Å². The molecule has 3 rings (SSSR count). The lowest BCUT2D eigenvalue weighted by molar-refractivity contribution is -0.135. The summed E-state index contributed by atoms with van der Waals surface area (Å²) >= 11 is 0. The van der Waals surface area contributed by atoms with E-state index in [2.05, 4.69) is 12.1 Å². The van der Waals surface area contributed by atoms with Gasteiger partial charge in [-0.3, -0.25) is 4.79 Å². The van der Waals surface area contributed by atoms with E-state index in [1.807, 2.05) is 17.0 Å². The van der Waals surface area contributed by atoms with Gasteiger partial charge in [0.25, 0.3) is 0 Å². The van der Waals surface area contributed by atoms with E-state index in [9.17, 15) is 4.79 Å². The van der Waals surface area contributed by atoms with Crippen LogP contribution in [0, 0.1) is 5.92 Å². The van der Waals surface area contributed by atoms with Crippen LogP contribution in [0.4, 0.5) is 0 Å². The molecule has 140 valence electrons. The minimum Gasteiger partial charge on any atom is -0.497 e. The van der Waals surface area contributed by atoms with E-state index < -0.39 is 0 Å². The molecule has 1 unspecified atom stereocenters. The summed E-state index contributed by atoms with van der Waals surface area (Å²) < 4.78 is 10.6.